The van der Waals surface area contributed by atoms with Gasteiger partial charge in [-0.3, -0.25) is 0 Å². The number of halogens is 1. The van der Waals surface area contributed by atoms with Crippen LogP contribution < -0.4 is 11.9 Å². The molecule has 0 aromatic carbocycles. The van der Waals surface area contributed by atoms with E-state index >= 15 is 0 Å². The van der Waals surface area contributed by atoms with Crippen LogP contribution in [0.25, 0.3) is 0 Å². The molecule has 0 aliphatic heterocycles. The van der Waals surface area contributed by atoms with Crippen LogP contribution in [0.5, 0.6) is 0 Å². The second kappa shape index (κ2) is 5.35. The molecule has 0 spiro atoms. The van der Waals surface area contributed by atoms with Gasteiger partial charge in [0.2, 0.25) is 0 Å². The molecule has 1 fully saturated rings. The van der Waals surface area contributed by atoms with Gasteiger partial charge in [-0.2, -0.15) is 0 Å². The molecule has 1 saturated carbocycles. The Morgan fingerprint density at radius 1 is 1.12 bits per heavy atom. The molecule has 8 heavy (non-hydrogen) atoms. The van der Waals surface area contributed by atoms with Crippen LogP contribution in [0.3, 0.4) is 0 Å². The molecule has 1 aliphatic carbocycles. The van der Waals surface area contributed by atoms with Gasteiger partial charge < -0.3 is 11.9 Å². The Morgan fingerprint density at radius 3 is 1.62 bits per heavy atom. The van der Waals surface area contributed by atoms with E-state index in [2.05, 4.69) is 0 Å². The van der Waals surface area contributed by atoms with Crippen molar-refractivity contribution >= 4 is 12.4 Å². The van der Waals surface area contributed by atoms with E-state index in [1.807, 2.05) is 0 Å². The fourth-order valence-corrected chi connectivity index (χ4v) is 0.957. The highest BCUT2D eigenvalue weighted by Crippen LogP contribution is 2.14. The van der Waals surface area contributed by atoms with E-state index in [4.69, 9.17) is 5.73 Å². The fraction of sp³-hybridized carbons (Fsp3) is 1.00. The van der Waals surface area contributed by atoms with Crippen molar-refractivity contribution < 1.29 is 0 Å². The van der Waals surface area contributed by atoms with E-state index in [1.54, 1.807) is 0 Å². The van der Waals surface area contributed by atoms with Gasteiger partial charge in [-0.1, -0.05) is 12.8 Å². The molecular weight excluding hydrogens is 124 g/mol. The maximum atomic E-state index is 5.53. The van der Waals surface area contributed by atoms with Gasteiger partial charge in [0.25, 0.3) is 0 Å². The quantitative estimate of drug-likeness (QED) is 0.533. The molecule has 0 unspecified atom stereocenters. The predicted molar refractivity (Wildman–Crippen MR) is 38.7 cm³/mol. The summed E-state index contributed by atoms with van der Waals surface area (Å²) in [6, 6.07) is 0.546. The van der Waals surface area contributed by atoms with E-state index in [9.17, 15) is 0 Å². The molecule has 0 heterocycles. The van der Waals surface area contributed by atoms with Crippen molar-refractivity contribution in [2.45, 2.75) is 31.7 Å². The van der Waals surface area contributed by atoms with Crippen LogP contribution in [0.2, 0.25) is 0 Å². The molecule has 1 aliphatic rings. The molecule has 0 aromatic heterocycles. The van der Waals surface area contributed by atoms with Crippen LogP contribution >= 0.6 is 12.4 Å². The van der Waals surface area contributed by atoms with E-state index < -0.39 is 0 Å². The van der Waals surface area contributed by atoms with Crippen molar-refractivity contribution in [3.8, 4) is 0 Å². The Kier molecular flexibility index (Phi) is 7.40. The van der Waals surface area contributed by atoms with Crippen molar-refractivity contribution in [2.75, 3.05) is 0 Å². The summed E-state index contributed by atoms with van der Waals surface area (Å²) in [4.78, 5) is 0. The lowest BCUT2D eigenvalue weighted by Crippen LogP contribution is -2.13. The summed E-state index contributed by atoms with van der Waals surface area (Å²) in [5.41, 5.74) is 5.53. The first-order valence-corrected chi connectivity index (χ1v) is 2.65. The van der Waals surface area contributed by atoms with E-state index in [0.29, 0.717) is 6.04 Å². The Hall–Kier alpha value is 0.210. The summed E-state index contributed by atoms with van der Waals surface area (Å²) < 4.78 is 0. The minimum Gasteiger partial charge on any atom is -0.344 e. The third-order valence-corrected chi connectivity index (χ3v) is 1.40. The highest BCUT2D eigenvalue weighted by molar-refractivity contribution is 5.85. The molecule has 0 radical (unpaired) electrons. The Morgan fingerprint density at radius 2 is 1.50 bits per heavy atom. The topological polar surface area (TPSA) is 61.0 Å². The molecule has 0 amide bonds. The average molecular weight is 139 g/mol. The van der Waals surface area contributed by atoms with Gasteiger partial charge >= 0.3 is 0 Å². The van der Waals surface area contributed by atoms with Crippen LogP contribution in [0, 0.1) is 0 Å². The van der Waals surface area contributed by atoms with Crippen molar-refractivity contribution in [1.29, 1.82) is 0 Å². The first-order chi connectivity index (χ1) is 2.89. The van der Waals surface area contributed by atoms with Crippen LogP contribution in [0.1, 0.15) is 25.7 Å². The lowest BCUT2D eigenvalue weighted by molar-refractivity contribution is 0.704. The van der Waals surface area contributed by atoms with Crippen LogP contribution in [0.15, 0.2) is 0 Å². The summed E-state index contributed by atoms with van der Waals surface area (Å²) in [6.07, 6.45) is 5.25. The number of nitrogens with two attached hydrogens (primary N) is 1. The SMILES string of the molecule is Cl.N.NC1CCCC1. The molecule has 3 heteroatoms. The van der Waals surface area contributed by atoms with Gasteiger partial charge in [-0.15, -0.1) is 12.4 Å². The monoisotopic (exact) mass is 138 g/mol. The largest absolute Gasteiger partial charge is 0.344 e. The molecule has 0 saturated heterocycles. The summed E-state index contributed by atoms with van der Waals surface area (Å²) in [5, 5.41) is 0. The van der Waals surface area contributed by atoms with Gasteiger partial charge in [-0.25, -0.2) is 0 Å². The molecule has 0 atom stereocenters. The zero-order chi connectivity index (χ0) is 4.41. The fourth-order valence-electron chi connectivity index (χ4n) is 0.957. The average Bonchev–Trinajstić information content (AvgIpc) is 1.86. The first-order valence-electron chi connectivity index (χ1n) is 2.65. The van der Waals surface area contributed by atoms with Crippen molar-refractivity contribution in [3.63, 3.8) is 0 Å². The lowest BCUT2D eigenvalue weighted by atomic mass is 10.3. The third-order valence-electron chi connectivity index (χ3n) is 1.40. The minimum absolute atomic E-state index is 0. The Bertz CT molecular complexity index is 43.7. The summed E-state index contributed by atoms with van der Waals surface area (Å²) >= 11 is 0. The molecule has 2 nitrogen and oxygen atoms in total. The molecule has 0 bridgehead atoms. The summed E-state index contributed by atoms with van der Waals surface area (Å²) in [7, 11) is 0. The maximum Gasteiger partial charge on any atom is 0.00388 e. The number of hydrogen-bond acceptors (Lipinski definition) is 2. The van der Waals surface area contributed by atoms with Gasteiger partial charge in [0.1, 0.15) is 0 Å². The van der Waals surface area contributed by atoms with Crippen LogP contribution in [-0.4, -0.2) is 6.04 Å². The predicted octanol–water partition coefficient (Wildman–Crippen LogP) is 1.47. The zero-order valence-electron chi connectivity index (χ0n) is 5.10. The Labute approximate surface area is 56.8 Å². The summed E-state index contributed by atoms with van der Waals surface area (Å²) in [6.45, 7) is 0. The van der Waals surface area contributed by atoms with Gasteiger partial charge in [-0.05, 0) is 12.8 Å². The molecule has 5 N–H and O–H groups in total. The number of hydrogen-bond donors (Lipinski definition) is 2. The Balaban J connectivity index is 0. The minimum atomic E-state index is 0. The van der Waals surface area contributed by atoms with Crippen LogP contribution in [-0.2, 0) is 0 Å². The summed E-state index contributed by atoms with van der Waals surface area (Å²) in [5.74, 6) is 0. The third kappa shape index (κ3) is 3.24. The second-order valence-electron chi connectivity index (χ2n) is 2.04. The molecular formula is C5H15ClN2. The van der Waals surface area contributed by atoms with Gasteiger partial charge in [0.05, 0.1) is 0 Å². The molecule has 1 rings (SSSR count). The van der Waals surface area contributed by atoms with E-state index in [-0.39, 0.29) is 18.6 Å². The molecule has 0 aromatic rings. The van der Waals surface area contributed by atoms with Crippen molar-refractivity contribution in [2.24, 2.45) is 5.73 Å². The first kappa shape index (κ1) is 11.1. The van der Waals surface area contributed by atoms with E-state index in [1.165, 1.54) is 25.7 Å². The highest BCUT2D eigenvalue weighted by atomic mass is 35.5. The van der Waals surface area contributed by atoms with Crippen molar-refractivity contribution in [1.82, 2.24) is 6.15 Å². The van der Waals surface area contributed by atoms with Gasteiger partial charge in [0.15, 0.2) is 0 Å². The normalized spacial score (nSPS) is 19.1. The zero-order valence-corrected chi connectivity index (χ0v) is 5.91. The van der Waals surface area contributed by atoms with E-state index in [0.717, 1.165) is 0 Å². The smallest absolute Gasteiger partial charge is 0.00388 e. The number of rotatable bonds is 0. The lowest BCUT2D eigenvalue weighted by Gasteiger charge is -1.92. The standard InChI is InChI=1S/C5H11N.ClH.H3N/c6-5-3-1-2-4-5;;/h5H,1-4,6H2;1H;1H3. The van der Waals surface area contributed by atoms with Crippen LogP contribution in [0.4, 0.5) is 0 Å². The maximum absolute atomic E-state index is 5.53. The molecule has 52 valence electrons. The highest BCUT2D eigenvalue weighted by Gasteiger charge is 2.07. The van der Waals surface area contributed by atoms with Crippen molar-refractivity contribution in [3.05, 3.63) is 0 Å². The second-order valence-corrected chi connectivity index (χ2v) is 2.04. The van der Waals surface area contributed by atoms with Gasteiger partial charge in [0, 0.05) is 6.04 Å².